The van der Waals surface area contributed by atoms with E-state index >= 15 is 0 Å². The highest BCUT2D eigenvalue weighted by atomic mass is 16.7. The van der Waals surface area contributed by atoms with Crippen LogP contribution < -0.4 is 10.6 Å². The standard InChI is InChI=1S/C40H51N3O8/c1-6-48-35(45)23-42-39(47)41-22-28-10-7-11-30(20-28)31-12-8-13-32(21-31)38-49-34(24-43-19-9-14-33(43)37(46)51-40(3,4)5)26(2)36(50-38)29-17-15-27(25-44)16-18-29/h7-8,10-13,15-18,20-21,26,33-34,36,38,44H,6,9,14,19,22-25H2,1-5H3,(H2,41,42,47). The van der Waals surface area contributed by atoms with Crippen LogP contribution in [0.4, 0.5) is 4.79 Å². The number of esters is 2. The quantitative estimate of drug-likeness (QED) is 0.200. The van der Waals surface area contributed by atoms with Gasteiger partial charge in [-0.1, -0.05) is 67.6 Å². The number of nitrogens with one attached hydrogen (secondary N) is 2. The molecule has 5 rings (SSSR count). The van der Waals surface area contributed by atoms with Crippen LogP contribution in [0.2, 0.25) is 0 Å². The maximum absolute atomic E-state index is 13.2. The van der Waals surface area contributed by atoms with Gasteiger partial charge < -0.3 is 34.7 Å². The third kappa shape index (κ3) is 10.4. The first-order chi connectivity index (χ1) is 24.4. The van der Waals surface area contributed by atoms with Crippen LogP contribution in [-0.4, -0.2) is 72.0 Å². The Labute approximate surface area is 300 Å². The number of urea groups is 1. The van der Waals surface area contributed by atoms with Crippen molar-refractivity contribution in [3.63, 3.8) is 0 Å². The molecule has 0 spiro atoms. The minimum Gasteiger partial charge on any atom is -0.465 e. The predicted molar refractivity (Wildman–Crippen MR) is 192 cm³/mol. The highest BCUT2D eigenvalue weighted by Crippen LogP contribution is 2.43. The van der Waals surface area contributed by atoms with Crippen LogP contribution in [0.25, 0.3) is 11.1 Å². The van der Waals surface area contributed by atoms with Crippen molar-refractivity contribution >= 4 is 18.0 Å². The van der Waals surface area contributed by atoms with Crippen molar-refractivity contribution in [2.24, 2.45) is 5.92 Å². The second-order valence-corrected chi connectivity index (χ2v) is 14.2. The summed E-state index contributed by atoms with van der Waals surface area (Å²) < 4.78 is 24.1. The Kier molecular flexibility index (Phi) is 12.9. The number of nitrogens with zero attached hydrogens (tertiary/aromatic N) is 1. The van der Waals surface area contributed by atoms with Crippen molar-refractivity contribution in [3.8, 4) is 11.1 Å². The van der Waals surface area contributed by atoms with E-state index in [0.717, 1.165) is 52.8 Å². The second kappa shape index (κ2) is 17.3. The number of carbonyl (C=O) groups is 3. The average molecular weight is 702 g/mol. The predicted octanol–water partition coefficient (Wildman–Crippen LogP) is 5.81. The molecule has 0 aliphatic carbocycles. The van der Waals surface area contributed by atoms with Crippen molar-refractivity contribution in [3.05, 3.63) is 95.1 Å². The molecule has 11 heteroatoms. The van der Waals surface area contributed by atoms with Crippen molar-refractivity contribution in [1.29, 1.82) is 0 Å². The van der Waals surface area contributed by atoms with Gasteiger partial charge in [-0.25, -0.2) is 4.79 Å². The summed E-state index contributed by atoms with van der Waals surface area (Å²) in [7, 11) is 0. The molecular weight excluding hydrogens is 650 g/mol. The molecule has 2 aliphatic heterocycles. The summed E-state index contributed by atoms with van der Waals surface area (Å²) in [6.45, 7) is 11.1. The van der Waals surface area contributed by atoms with Crippen LogP contribution in [0.1, 0.15) is 82.1 Å². The molecule has 3 N–H and O–H groups in total. The molecule has 2 fully saturated rings. The van der Waals surface area contributed by atoms with E-state index in [9.17, 15) is 19.5 Å². The lowest BCUT2D eigenvalue weighted by molar-refractivity contribution is -0.276. The number of hydrogen-bond acceptors (Lipinski definition) is 9. The van der Waals surface area contributed by atoms with E-state index in [1.54, 1.807) is 6.92 Å². The van der Waals surface area contributed by atoms with E-state index in [1.807, 2.05) is 87.5 Å². The second-order valence-electron chi connectivity index (χ2n) is 14.2. The van der Waals surface area contributed by atoms with Gasteiger partial charge in [0.2, 0.25) is 0 Å². The molecular formula is C40H51N3O8. The highest BCUT2D eigenvalue weighted by molar-refractivity contribution is 5.80. The lowest BCUT2D eigenvalue weighted by Crippen LogP contribution is -2.48. The molecule has 2 saturated heterocycles. The maximum Gasteiger partial charge on any atom is 0.325 e. The van der Waals surface area contributed by atoms with E-state index in [1.165, 1.54) is 0 Å². The van der Waals surface area contributed by atoms with Crippen LogP contribution in [0.15, 0.2) is 72.8 Å². The molecule has 0 saturated carbocycles. The number of ether oxygens (including phenoxy) is 4. The summed E-state index contributed by atoms with van der Waals surface area (Å²) in [5.41, 5.74) is 4.91. The topological polar surface area (TPSA) is 136 Å². The first-order valence-electron chi connectivity index (χ1n) is 17.8. The van der Waals surface area contributed by atoms with E-state index < -0.39 is 23.9 Å². The van der Waals surface area contributed by atoms with Crippen LogP contribution in [-0.2, 0) is 41.7 Å². The third-order valence-corrected chi connectivity index (χ3v) is 9.15. The fourth-order valence-electron chi connectivity index (χ4n) is 6.58. The lowest BCUT2D eigenvalue weighted by atomic mass is 9.89. The van der Waals surface area contributed by atoms with Crippen LogP contribution in [0.3, 0.4) is 0 Å². The fourth-order valence-corrected chi connectivity index (χ4v) is 6.58. The molecule has 3 aromatic carbocycles. The van der Waals surface area contributed by atoms with Gasteiger partial charge in [0.25, 0.3) is 0 Å². The van der Waals surface area contributed by atoms with Crippen LogP contribution >= 0.6 is 0 Å². The normalized spacial score (nSPS) is 22.3. The molecule has 0 radical (unpaired) electrons. The molecule has 3 aromatic rings. The number of aliphatic hydroxyl groups excluding tert-OH is 1. The highest BCUT2D eigenvalue weighted by Gasteiger charge is 2.42. The van der Waals surface area contributed by atoms with Gasteiger partial charge in [-0.2, -0.15) is 0 Å². The summed E-state index contributed by atoms with van der Waals surface area (Å²) in [5, 5.41) is 14.9. The number of aliphatic hydroxyl groups is 1. The van der Waals surface area contributed by atoms with Gasteiger partial charge in [0.15, 0.2) is 6.29 Å². The minimum atomic E-state index is -0.677. The van der Waals surface area contributed by atoms with Crippen LogP contribution in [0.5, 0.6) is 0 Å². The Morgan fingerprint density at radius 3 is 2.35 bits per heavy atom. The summed E-state index contributed by atoms with van der Waals surface area (Å²) in [6, 6.07) is 23.0. The smallest absolute Gasteiger partial charge is 0.325 e. The summed E-state index contributed by atoms with van der Waals surface area (Å²) in [6.07, 6.45) is 0.437. The van der Waals surface area contributed by atoms with Gasteiger partial charge in [0.1, 0.15) is 18.2 Å². The van der Waals surface area contributed by atoms with Gasteiger partial charge in [0.05, 0.1) is 25.4 Å². The van der Waals surface area contributed by atoms with Gasteiger partial charge in [0, 0.05) is 24.6 Å². The Hall–Kier alpha value is -4.29. The molecule has 0 bridgehead atoms. The Balaban J connectivity index is 1.34. The monoisotopic (exact) mass is 701 g/mol. The molecule has 0 aromatic heterocycles. The molecule has 5 atom stereocenters. The lowest BCUT2D eigenvalue weighted by Gasteiger charge is -2.43. The molecule has 2 aliphatic rings. The Morgan fingerprint density at radius 2 is 1.65 bits per heavy atom. The zero-order chi connectivity index (χ0) is 36.5. The zero-order valence-corrected chi connectivity index (χ0v) is 30.2. The zero-order valence-electron chi connectivity index (χ0n) is 30.2. The van der Waals surface area contributed by atoms with E-state index in [-0.39, 0.29) is 56.4 Å². The van der Waals surface area contributed by atoms with Crippen molar-refractivity contribution in [2.45, 2.75) is 90.8 Å². The van der Waals surface area contributed by atoms with E-state index in [2.05, 4.69) is 28.5 Å². The fraction of sp³-hybridized carbons (Fsp3) is 0.475. The van der Waals surface area contributed by atoms with Crippen LogP contribution in [0, 0.1) is 5.92 Å². The largest absolute Gasteiger partial charge is 0.465 e. The minimum absolute atomic E-state index is 0.0382. The molecule has 51 heavy (non-hydrogen) atoms. The van der Waals surface area contributed by atoms with Gasteiger partial charge in [-0.15, -0.1) is 0 Å². The van der Waals surface area contributed by atoms with Crippen molar-refractivity contribution in [1.82, 2.24) is 15.5 Å². The SMILES string of the molecule is CCOC(=O)CNC(=O)NCc1cccc(-c2cccc(C3OC(CN4CCCC4C(=O)OC(C)(C)C)C(C)C(c4ccc(CO)cc4)O3)c2)c1. The molecule has 11 nitrogen and oxygen atoms in total. The van der Waals surface area contributed by atoms with Gasteiger partial charge in [-0.3, -0.25) is 14.5 Å². The third-order valence-electron chi connectivity index (χ3n) is 9.15. The number of amides is 2. The van der Waals surface area contributed by atoms with Gasteiger partial charge in [-0.05, 0) is 87.0 Å². The average Bonchev–Trinajstić information content (AvgIpc) is 3.59. The number of hydrogen-bond donors (Lipinski definition) is 3. The van der Waals surface area contributed by atoms with Crippen molar-refractivity contribution < 1.29 is 38.4 Å². The number of likely N-dealkylation sites (tertiary alicyclic amines) is 1. The number of benzene rings is 3. The first kappa shape index (κ1) is 38.0. The molecule has 2 heterocycles. The number of carbonyl (C=O) groups excluding carboxylic acids is 3. The Bertz CT molecular complexity index is 1640. The maximum atomic E-state index is 13.2. The van der Waals surface area contributed by atoms with Crippen molar-refractivity contribution in [2.75, 3.05) is 26.2 Å². The van der Waals surface area contributed by atoms with E-state index in [4.69, 9.17) is 18.9 Å². The molecule has 5 unspecified atom stereocenters. The molecule has 274 valence electrons. The Morgan fingerprint density at radius 1 is 0.922 bits per heavy atom. The van der Waals surface area contributed by atoms with E-state index in [0.29, 0.717) is 6.54 Å². The van der Waals surface area contributed by atoms with Gasteiger partial charge >= 0.3 is 18.0 Å². The first-order valence-corrected chi connectivity index (χ1v) is 17.8. The summed E-state index contributed by atoms with van der Waals surface area (Å²) in [5.74, 6) is -0.731. The summed E-state index contributed by atoms with van der Waals surface area (Å²) >= 11 is 0. The summed E-state index contributed by atoms with van der Waals surface area (Å²) in [4.78, 5) is 39.2. The number of rotatable bonds is 12. The molecule has 2 amide bonds.